The van der Waals surface area contributed by atoms with Crippen molar-refractivity contribution in [3.05, 3.63) is 45.9 Å². The number of nitrogens with one attached hydrogen (secondary N) is 1. The number of benzene rings is 1. The van der Waals surface area contributed by atoms with Gasteiger partial charge in [0.1, 0.15) is 11.4 Å². The van der Waals surface area contributed by atoms with Crippen molar-refractivity contribution in [1.82, 2.24) is 4.98 Å². The van der Waals surface area contributed by atoms with Crippen LogP contribution in [0.2, 0.25) is 5.02 Å². The Morgan fingerprint density at radius 3 is 2.77 bits per heavy atom. The van der Waals surface area contributed by atoms with E-state index in [1.54, 1.807) is 29.7 Å². The number of rotatable bonds is 5. The fraction of sp³-hybridized carbons (Fsp3) is 0.133. The first-order valence-electron chi connectivity index (χ1n) is 6.28. The number of nitrogens with zero attached hydrogens (tertiary/aromatic N) is 1. The van der Waals surface area contributed by atoms with Gasteiger partial charge in [-0.05, 0) is 23.8 Å². The van der Waals surface area contributed by atoms with Gasteiger partial charge in [-0.15, -0.1) is 11.3 Å². The zero-order chi connectivity index (χ0) is 16.1. The molecule has 2 aromatic rings. The molecule has 0 unspecified atom stereocenters. The molecule has 1 aromatic heterocycles. The van der Waals surface area contributed by atoms with Crippen molar-refractivity contribution in [2.75, 3.05) is 12.4 Å². The predicted molar refractivity (Wildman–Crippen MR) is 87.8 cm³/mol. The normalized spacial score (nSPS) is 10.7. The lowest BCUT2D eigenvalue weighted by Crippen LogP contribution is -2.07. The summed E-state index contributed by atoms with van der Waals surface area (Å²) in [4.78, 5) is 26.9. The van der Waals surface area contributed by atoms with Crippen LogP contribution in [0.15, 0.2) is 29.7 Å². The molecule has 0 aliphatic rings. The van der Waals surface area contributed by atoms with Crippen LogP contribution in [-0.2, 0) is 4.79 Å². The Bertz CT molecular complexity index is 740. The summed E-state index contributed by atoms with van der Waals surface area (Å²) in [5, 5.41) is 5.05. The number of halogens is 1. The molecule has 0 saturated heterocycles. The molecule has 0 fully saturated rings. The van der Waals surface area contributed by atoms with Crippen LogP contribution in [0.25, 0.3) is 6.08 Å². The minimum atomic E-state index is -0.337. The molecule has 1 heterocycles. The Morgan fingerprint density at radius 2 is 2.18 bits per heavy atom. The van der Waals surface area contributed by atoms with E-state index >= 15 is 0 Å². The number of hydrogen-bond donors (Lipinski definition) is 1. The van der Waals surface area contributed by atoms with E-state index in [2.05, 4.69) is 10.3 Å². The van der Waals surface area contributed by atoms with Crippen molar-refractivity contribution >= 4 is 45.8 Å². The van der Waals surface area contributed by atoms with Gasteiger partial charge in [0.25, 0.3) is 0 Å². The molecule has 5 nitrogen and oxygen atoms in total. The molecule has 0 aliphatic carbocycles. The summed E-state index contributed by atoms with van der Waals surface area (Å²) in [5.74, 6) is 0.0966. The van der Waals surface area contributed by atoms with Crippen molar-refractivity contribution < 1.29 is 14.3 Å². The van der Waals surface area contributed by atoms with E-state index in [0.717, 1.165) is 5.56 Å². The molecule has 2 rings (SSSR count). The highest BCUT2D eigenvalue weighted by atomic mass is 35.5. The average molecular weight is 337 g/mol. The lowest BCUT2D eigenvalue weighted by Gasteiger charge is -2.03. The SMILES string of the molecule is COc1ccc(/C=C/C(=O)Nc2nc(C(C)=O)cs2)cc1Cl. The Kier molecular flexibility index (Phi) is 5.30. The second-order valence-electron chi connectivity index (χ2n) is 4.31. The number of thiazole rings is 1. The number of carbonyl (C=O) groups excluding carboxylic acids is 2. The van der Waals surface area contributed by atoms with Crippen LogP contribution in [0.1, 0.15) is 23.0 Å². The number of anilines is 1. The maximum atomic E-state index is 11.8. The summed E-state index contributed by atoms with van der Waals surface area (Å²) < 4.78 is 5.06. The predicted octanol–water partition coefficient (Wildman–Crippen LogP) is 3.66. The third kappa shape index (κ3) is 4.16. The highest BCUT2D eigenvalue weighted by Crippen LogP contribution is 2.25. The van der Waals surface area contributed by atoms with Crippen LogP contribution in [0.3, 0.4) is 0 Å². The fourth-order valence-electron chi connectivity index (χ4n) is 1.60. The van der Waals surface area contributed by atoms with E-state index in [1.165, 1.54) is 31.4 Å². The fourth-order valence-corrected chi connectivity index (χ4v) is 2.62. The number of hydrogen-bond acceptors (Lipinski definition) is 5. The Morgan fingerprint density at radius 1 is 1.41 bits per heavy atom. The van der Waals surface area contributed by atoms with Gasteiger partial charge >= 0.3 is 0 Å². The highest BCUT2D eigenvalue weighted by Gasteiger charge is 2.07. The van der Waals surface area contributed by atoms with E-state index in [4.69, 9.17) is 16.3 Å². The number of ketones is 1. The first kappa shape index (κ1) is 16.2. The van der Waals surface area contributed by atoms with E-state index in [1.807, 2.05) is 0 Å². The second kappa shape index (κ2) is 7.20. The number of aromatic nitrogens is 1. The van der Waals surface area contributed by atoms with Crippen molar-refractivity contribution in [1.29, 1.82) is 0 Å². The van der Waals surface area contributed by atoms with Crippen LogP contribution >= 0.6 is 22.9 Å². The topological polar surface area (TPSA) is 68.3 Å². The summed E-state index contributed by atoms with van der Waals surface area (Å²) in [6, 6.07) is 5.20. The molecule has 0 atom stereocenters. The lowest BCUT2D eigenvalue weighted by atomic mass is 10.2. The molecule has 1 N–H and O–H groups in total. The second-order valence-corrected chi connectivity index (χ2v) is 5.58. The molecule has 0 spiro atoms. The summed E-state index contributed by atoms with van der Waals surface area (Å²) in [5.41, 5.74) is 1.11. The first-order chi connectivity index (χ1) is 10.5. The van der Waals surface area contributed by atoms with Gasteiger partial charge in [0.15, 0.2) is 10.9 Å². The van der Waals surface area contributed by atoms with Crippen molar-refractivity contribution in [3.63, 3.8) is 0 Å². The first-order valence-corrected chi connectivity index (χ1v) is 7.54. The van der Waals surface area contributed by atoms with E-state index in [0.29, 0.717) is 21.6 Å². The molecule has 114 valence electrons. The number of methoxy groups -OCH3 is 1. The van der Waals surface area contributed by atoms with E-state index in [-0.39, 0.29) is 11.7 Å². The molecular formula is C15H13ClN2O3S. The summed E-state index contributed by atoms with van der Waals surface area (Å²) in [6.45, 7) is 1.42. The summed E-state index contributed by atoms with van der Waals surface area (Å²) in [6.07, 6.45) is 2.99. The minimum absolute atomic E-state index is 0.139. The molecule has 22 heavy (non-hydrogen) atoms. The highest BCUT2D eigenvalue weighted by molar-refractivity contribution is 7.14. The van der Waals surface area contributed by atoms with Crippen LogP contribution in [0, 0.1) is 0 Å². The van der Waals surface area contributed by atoms with Crippen molar-refractivity contribution in [2.24, 2.45) is 0 Å². The Hall–Kier alpha value is -2.18. The number of amides is 1. The smallest absolute Gasteiger partial charge is 0.250 e. The number of carbonyl (C=O) groups is 2. The van der Waals surface area contributed by atoms with Gasteiger partial charge < -0.3 is 4.74 Å². The van der Waals surface area contributed by atoms with Crippen LogP contribution in [0.4, 0.5) is 5.13 Å². The molecule has 0 saturated carbocycles. The van der Waals surface area contributed by atoms with Gasteiger partial charge in [-0.2, -0.15) is 0 Å². The third-order valence-electron chi connectivity index (χ3n) is 2.70. The maximum absolute atomic E-state index is 11.8. The molecule has 7 heteroatoms. The van der Waals surface area contributed by atoms with E-state index < -0.39 is 0 Å². The van der Waals surface area contributed by atoms with Gasteiger partial charge in [-0.3, -0.25) is 14.9 Å². The van der Waals surface area contributed by atoms with Gasteiger partial charge in [0.05, 0.1) is 12.1 Å². The van der Waals surface area contributed by atoms with E-state index in [9.17, 15) is 9.59 Å². The Labute approximate surface area is 136 Å². The zero-order valence-electron chi connectivity index (χ0n) is 11.9. The minimum Gasteiger partial charge on any atom is -0.495 e. The van der Waals surface area contributed by atoms with Crippen LogP contribution < -0.4 is 10.1 Å². The molecule has 0 bridgehead atoms. The lowest BCUT2D eigenvalue weighted by molar-refractivity contribution is -0.111. The average Bonchev–Trinajstić information content (AvgIpc) is 2.94. The van der Waals surface area contributed by atoms with Gasteiger partial charge in [0, 0.05) is 18.4 Å². The quantitative estimate of drug-likeness (QED) is 0.668. The monoisotopic (exact) mass is 336 g/mol. The summed E-state index contributed by atoms with van der Waals surface area (Å²) in [7, 11) is 1.54. The standard InChI is InChI=1S/C15H13ClN2O3S/c1-9(19)12-8-22-15(17-12)18-14(20)6-4-10-3-5-13(21-2)11(16)7-10/h3-8H,1-2H3,(H,17,18,20)/b6-4+. The largest absolute Gasteiger partial charge is 0.495 e. The molecule has 0 radical (unpaired) electrons. The van der Waals surface area contributed by atoms with Gasteiger partial charge in [0.2, 0.25) is 5.91 Å². The Balaban J connectivity index is 2.01. The molecular weight excluding hydrogens is 324 g/mol. The molecule has 1 aromatic carbocycles. The number of ether oxygens (including phenoxy) is 1. The van der Waals surface area contributed by atoms with Crippen LogP contribution in [-0.4, -0.2) is 23.8 Å². The zero-order valence-corrected chi connectivity index (χ0v) is 13.5. The van der Waals surface area contributed by atoms with Crippen molar-refractivity contribution in [3.8, 4) is 5.75 Å². The van der Waals surface area contributed by atoms with Gasteiger partial charge in [-0.25, -0.2) is 4.98 Å². The molecule has 0 aliphatic heterocycles. The summed E-state index contributed by atoms with van der Waals surface area (Å²) >= 11 is 7.21. The molecule has 1 amide bonds. The van der Waals surface area contributed by atoms with Crippen molar-refractivity contribution in [2.45, 2.75) is 6.92 Å². The third-order valence-corrected chi connectivity index (χ3v) is 3.75. The maximum Gasteiger partial charge on any atom is 0.250 e. The van der Waals surface area contributed by atoms with Crippen LogP contribution in [0.5, 0.6) is 5.75 Å². The number of Topliss-reactive ketones (excluding diaryl/α,β-unsaturated/α-hetero) is 1. The van der Waals surface area contributed by atoms with Gasteiger partial charge in [-0.1, -0.05) is 17.7 Å².